The summed E-state index contributed by atoms with van der Waals surface area (Å²) in [4.78, 5) is 31.8. The predicted octanol–water partition coefficient (Wildman–Crippen LogP) is 4.18. The zero-order chi connectivity index (χ0) is 26.4. The summed E-state index contributed by atoms with van der Waals surface area (Å²) in [5.74, 6) is 1.47. The van der Waals surface area contributed by atoms with Crippen molar-refractivity contribution in [2.45, 2.75) is 56.1 Å². The van der Waals surface area contributed by atoms with Gasteiger partial charge in [-0.15, -0.1) is 0 Å². The fourth-order valence-corrected chi connectivity index (χ4v) is 7.85. The van der Waals surface area contributed by atoms with Crippen LogP contribution in [0.5, 0.6) is 11.5 Å². The third-order valence-electron chi connectivity index (χ3n) is 8.21. The van der Waals surface area contributed by atoms with Gasteiger partial charge in [0, 0.05) is 29.4 Å². The quantitative estimate of drug-likeness (QED) is 0.517. The highest BCUT2D eigenvalue weighted by atomic mass is 32.2. The van der Waals surface area contributed by atoms with Gasteiger partial charge < -0.3 is 25.6 Å². The number of hydrogen-bond acceptors (Lipinski definition) is 6. The van der Waals surface area contributed by atoms with E-state index in [1.54, 1.807) is 11.8 Å². The minimum Gasteiger partial charge on any atom is -0.457 e. The standard InChI is InChI=1S/C29H35N5O3S/c1-17-16-19(37-18-8-5-4-6-9-18)12-13-21(17)34-23-14-15-30-28-24(23)25(32-29(34)36)26(38-28)27(35)31-20-10-7-11-22(20)33(2)3/h4-6,8-9,12-13,16,20,22-24,28,30H,7,10-11,14-15H2,1-3H3,(H,31,35)(H,32,36)/t20-,22+,23?,24?,28?/m1/s1. The molecule has 38 heavy (non-hydrogen) atoms. The first kappa shape index (κ1) is 25.3. The van der Waals surface area contributed by atoms with Gasteiger partial charge in [0.05, 0.1) is 16.3 Å². The summed E-state index contributed by atoms with van der Waals surface area (Å²) < 4.78 is 6.01. The van der Waals surface area contributed by atoms with Gasteiger partial charge in [-0.25, -0.2) is 4.79 Å². The first-order valence-corrected chi connectivity index (χ1v) is 14.3. The molecule has 4 aliphatic rings. The number of amides is 3. The van der Waals surface area contributed by atoms with Crippen molar-refractivity contribution in [3.63, 3.8) is 0 Å². The van der Waals surface area contributed by atoms with E-state index in [4.69, 9.17) is 4.74 Å². The Bertz CT molecular complexity index is 1270. The van der Waals surface area contributed by atoms with Crippen molar-refractivity contribution in [3.8, 4) is 11.5 Å². The van der Waals surface area contributed by atoms with Crippen LogP contribution in [0.1, 0.15) is 31.2 Å². The van der Waals surface area contributed by atoms with Crippen molar-refractivity contribution in [1.29, 1.82) is 0 Å². The Morgan fingerprint density at radius 1 is 1.11 bits per heavy atom. The lowest BCUT2D eigenvalue weighted by Crippen LogP contribution is -2.62. The second-order valence-corrected chi connectivity index (χ2v) is 12.0. The second-order valence-electron chi connectivity index (χ2n) is 10.8. The van der Waals surface area contributed by atoms with E-state index in [0.29, 0.717) is 10.9 Å². The van der Waals surface area contributed by atoms with Gasteiger partial charge in [0.25, 0.3) is 5.91 Å². The van der Waals surface area contributed by atoms with Crippen molar-refractivity contribution in [2.24, 2.45) is 5.92 Å². The normalized spacial score (nSPS) is 28.4. The van der Waals surface area contributed by atoms with Crippen LogP contribution in [0.25, 0.3) is 0 Å². The molecular formula is C29H35N5O3S. The number of aryl methyl sites for hydroxylation is 1. The molecule has 2 aromatic carbocycles. The molecule has 3 fully saturated rings. The van der Waals surface area contributed by atoms with E-state index in [2.05, 4.69) is 34.9 Å². The fraction of sp³-hybridized carbons (Fsp3) is 0.448. The van der Waals surface area contributed by atoms with Crippen molar-refractivity contribution in [2.75, 3.05) is 25.5 Å². The van der Waals surface area contributed by atoms with Crippen molar-refractivity contribution < 1.29 is 14.3 Å². The zero-order valence-corrected chi connectivity index (χ0v) is 22.9. The molecule has 1 aliphatic carbocycles. The molecule has 3 heterocycles. The Balaban J connectivity index is 1.25. The van der Waals surface area contributed by atoms with Crippen LogP contribution in [0.4, 0.5) is 10.5 Å². The number of thioether (sulfide) groups is 1. The van der Waals surface area contributed by atoms with E-state index in [1.165, 1.54) is 0 Å². The van der Waals surface area contributed by atoms with Crippen molar-refractivity contribution in [3.05, 3.63) is 64.7 Å². The summed E-state index contributed by atoms with van der Waals surface area (Å²) in [6.07, 6.45) is 4.01. The van der Waals surface area contributed by atoms with Crippen LogP contribution in [0.3, 0.4) is 0 Å². The molecule has 3 aliphatic heterocycles. The fourth-order valence-electron chi connectivity index (χ4n) is 6.45. The number of nitrogens with one attached hydrogen (secondary N) is 3. The summed E-state index contributed by atoms with van der Waals surface area (Å²) in [7, 11) is 4.14. The highest BCUT2D eigenvalue weighted by Gasteiger charge is 2.52. The first-order chi connectivity index (χ1) is 18.4. The van der Waals surface area contributed by atoms with Gasteiger partial charge in [0.2, 0.25) is 0 Å². The second kappa shape index (κ2) is 10.3. The number of nitrogens with zero attached hydrogens (tertiary/aromatic N) is 2. The van der Waals surface area contributed by atoms with Gasteiger partial charge >= 0.3 is 6.03 Å². The van der Waals surface area contributed by atoms with E-state index >= 15 is 0 Å². The van der Waals surface area contributed by atoms with Crippen LogP contribution in [0.15, 0.2) is 59.1 Å². The van der Waals surface area contributed by atoms with Crippen LogP contribution in [-0.4, -0.2) is 61.0 Å². The van der Waals surface area contributed by atoms with Crippen LogP contribution >= 0.6 is 11.8 Å². The Kier molecular flexibility index (Phi) is 6.84. The van der Waals surface area contributed by atoms with E-state index < -0.39 is 0 Å². The van der Waals surface area contributed by atoms with E-state index in [1.807, 2.05) is 60.4 Å². The van der Waals surface area contributed by atoms with Gasteiger partial charge in [-0.3, -0.25) is 9.69 Å². The number of benzene rings is 2. The number of para-hydroxylation sites is 1. The maximum absolute atomic E-state index is 13.6. The average Bonchev–Trinajstić information content (AvgIpc) is 3.51. The molecule has 0 radical (unpaired) electrons. The molecule has 5 atom stereocenters. The van der Waals surface area contributed by atoms with Gasteiger partial charge in [-0.1, -0.05) is 30.0 Å². The van der Waals surface area contributed by atoms with E-state index in [9.17, 15) is 9.59 Å². The number of likely N-dealkylation sites (N-methyl/N-ethyl adjacent to an activating group) is 1. The number of ether oxygens (including phenoxy) is 1. The Hall–Kier alpha value is -3.01. The monoisotopic (exact) mass is 533 g/mol. The lowest BCUT2D eigenvalue weighted by atomic mass is 9.86. The Morgan fingerprint density at radius 2 is 1.92 bits per heavy atom. The molecule has 8 nitrogen and oxygen atoms in total. The average molecular weight is 534 g/mol. The smallest absolute Gasteiger partial charge is 0.326 e. The number of carbonyl (C=O) groups excluding carboxylic acids is 2. The summed E-state index contributed by atoms with van der Waals surface area (Å²) in [6, 6.07) is 15.8. The molecule has 200 valence electrons. The lowest BCUT2D eigenvalue weighted by Gasteiger charge is -2.46. The SMILES string of the molecule is Cc1cc(Oc2ccccc2)ccc1N1C(=O)NC2=C(C(=O)N[C@@H]3CCC[C@@H]3N(C)C)SC3NCCC1C23. The molecule has 6 rings (SSSR count). The number of piperidine rings is 1. The molecule has 2 saturated heterocycles. The number of urea groups is 1. The van der Waals surface area contributed by atoms with E-state index in [-0.39, 0.29) is 35.3 Å². The van der Waals surface area contributed by atoms with Gasteiger partial charge in [-0.2, -0.15) is 0 Å². The minimum atomic E-state index is -0.179. The van der Waals surface area contributed by atoms with Gasteiger partial charge in [-0.05, 0) is 89.1 Å². The lowest BCUT2D eigenvalue weighted by molar-refractivity contribution is -0.117. The molecule has 0 spiro atoms. The third-order valence-corrected chi connectivity index (χ3v) is 9.57. The third kappa shape index (κ3) is 4.57. The van der Waals surface area contributed by atoms with Crippen LogP contribution < -0.4 is 25.6 Å². The van der Waals surface area contributed by atoms with Crippen molar-refractivity contribution >= 4 is 29.4 Å². The number of anilines is 1. The number of rotatable bonds is 6. The maximum atomic E-state index is 13.6. The highest BCUT2D eigenvalue weighted by Crippen LogP contribution is 2.48. The minimum absolute atomic E-state index is 0.0246. The van der Waals surface area contributed by atoms with Crippen molar-refractivity contribution in [1.82, 2.24) is 20.9 Å². The van der Waals surface area contributed by atoms with Crippen LogP contribution in [0.2, 0.25) is 0 Å². The molecule has 0 bridgehead atoms. The molecule has 3 amide bonds. The first-order valence-electron chi connectivity index (χ1n) is 13.5. The zero-order valence-electron chi connectivity index (χ0n) is 22.1. The summed E-state index contributed by atoms with van der Waals surface area (Å²) >= 11 is 1.56. The molecule has 1 saturated carbocycles. The van der Waals surface area contributed by atoms with E-state index in [0.717, 1.165) is 60.7 Å². The molecule has 3 N–H and O–H groups in total. The molecule has 3 unspecified atom stereocenters. The Morgan fingerprint density at radius 3 is 2.68 bits per heavy atom. The highest BCUT2D eigenvalue weighted by molar-refractivity contribution is 8.04. The largest absolute Gasteiger partial charge is 0.457 e. The predicted molar refractivity (Wildman–Crippen MR) is 150 cm³/mol. The molecule has 0 aromatic heterocycles. The van der Waals surface area contributed by atoms with Gasteiger partial charge in [0.15, 0.2) is 0 Å². The Labute approximate surface area is 228 Å². The number of carbonyl (C=O) groups is 2. The molecule has 2 aromatic rings. The van der Waals surface area contributed by atoms with Gasteiger partial charge in [0.1, 0.15) is 11.5 Å². The molecule has 9 heteroatoms. The van der Waals surface area contributed by atoms with Crippen LogP contribution in [-0.2, 0) is 4.79 Å². The van der Waals surface area contributed by atoms with Crippen LogP contribution in [0, 0.1) is 12.8 Å². The summed E-state index contributed by atoms with van der Waals surface area (Å²) in [5.41, 5.74) is 2.61. The maximum Gasteiger partial charge on any atom is 0.326 e. The summed E-state index contributed by atoms with van der Waals surface area (Å²) in [5, 5.41) is 10.1. The number of hydrogen-bond donors (Lipinski definition) is 3. The summed E-state index contributed by atoms with van der Waals surface area (Å²) in [6.45, 7) is 2.81. The topological polar surface area (TPSA) is 85.9 Å². The molecular weight excluding hydrogens is 498 g/mol.